The fourth-order valence-electron chi connectivity index (χ4n) is 7.79. The lowest BCUT2D eigenvalue weighted by Gasteiger charge is -2.41. The average Bonchev–Trinajstić information content (AvgIpc) is 3.65. The molecule has 4 atom stereocenters. The van der Waals surface area contributed by atoms with Crippen LogP contribution in [0.2, 0.25) is 10.0 Å². The third-order valence-corrected chi connectivity index (χ3v) is 10.2. The first kappa shape index (κ1) is 32.1. The number of rotatable bonds is 8. The van der Waals surface area contributed by atoms with Crippen LogP contribution in [0.15, 0.2) is 84.9 Å². The van der Waals surface area contributed by atoms with E-state index in [0.29, 0.717) is 34.2 Å². The molecule has 2 saturated heterocycles. The monoisotopic (exact) mass is 687 g/mol. The van der Waals surface area contributed by atoms with Gasteiger partial charge in [-0.3, -0.25) is 14.5 Å². The molecular formula is C37H32Cl2FN3O5. The maximum atomic E-state index is 16.2. The number of halogens is 3. The number of carbonyl (C=O) groups excluding carboxylic acids is 3. The molecule has 0 saturated carbocycles. The number of hydrogen-bond acceptors (Lipinski definition) is 6. The molecule has 4 aromatic rings. The minimum Gasteiger partial charge on any atom is -0.494 e. The highest BCUT2D eigenvalue weighted by atomic mass is 35.5. The second-order valence-electron chi connectivity index (χ2n) is 12.2. The SMILES string of the molecule is CCOc1cccc(CN2C3CN(Cc4ccc(C(=O)OC)cc4)C(=O)[C@H]3[C@H](c3cccc(Cl)c3F)C23C(=O)Nc2cc(Cl)ccc23)c1. The van der Waals surface area contributed by atoms with Crippen molar-refractivity contribution >= 4 is 46.7 Å². The zero-order valence-electron chi connectivity index (χ0n) is 26.2. The van der Waals surface area contributed by atoms with Gasteiger partial charge in [-0.25, -0.2) is 9.18 Å². The third-order valence-electron chi connectivity index (χ3n) is 9.70. The fraction of sp³-hybridized carbons (Fsp3) is 0.270. The van der Waals surface area contributed by atoms with Gasteiger partial charge in [-0.1, -0.05) is 65.7 Å². The Bertz CT molecular complexity index is 1940. The Morgan fingerprint density at radius 3 is 2.50 bits per heavy atom. The van der Waals surface area contributed by atoms with Crippen LogP contribution >= 0.6 is 23.2 Å². The highest BCUT2D eigenvalue weighted by Gasteiger charge is 2.70. The predicted octanol–water partition coefficient (Wildman–Crippen LogP) is 6.79. The van der Waals surface area contributed by atoms with Crippen molar-refractivity contribution in [2.75, 3.05) is 25.6 Å². The van der Waals surface area contributed by atoms with Gasteiger partial charge in [0, 0.05) is 47.9 Å². The zero-order chi connectivity index (χ0) is 33.7. The van der Waals surface area contributed by atoms with Gasteiger partial charge in [0.15, 0.2) is 0 Å². The molecule has 2 fully saturated rings. The van der Waals surface area contributed by atoms with Crippen molar-refractivity contribution in [1.29, 1.82) is 0 Å². The van der Waals surface area contributed by atoms with E-state index in [-0.39, 0.29) is 42.0 Å². The molecule has 0 aliphatic carbocycles. The second-order valence-corrected chi connectivity index (χ2v) is 13.1. The first-order valence-corrected chi connectivity index (χ1v) is 16.4. The van der Waals surface area contributed by atoms with Gasteiger partial charge in [0.1, 0.15) is 17.1 Å². The summed E-state index contributed by atoms with van der Waals surface area (Å²) in [5.41, 5.74) is 1.94. The second kappa shape index (κ2) is 12.5. The van der Waals surface area contributed by atoms with Gasteiger partial charge >= 0.3 is 5.97 Å². The van der Waals surface area contributed by atoms with Crippen molar-refractivity contribution in [2.45, 2.75) is 37.5 Å². The number of nitrogens with one attached hydrogen (secondary N) is 1. The van der Waals surface area contributed by atoms with E-state index >= 15 is 4.39 Å². The lowest BCUT2D eigenvalue weighted by atomic mass is 9.71. The molecule has 1 spiro atoms. The molecule has 7 rings (SSSR count). The molecule has 8 nitrogen and oxygen atoms in total. The Balaban J connectivity index is 1.38. The number of methoxy groups -OCH3 is 1. The van der Waals surface area contributed by atoms with Crippen molar-refractivity contribution in [2.24, 2.45) is 5.92 Å². The first-order chi connectivity index (χ1) is 23.2. The zero-order valence-corrected chi connectivity index (χ0v) is 27.7. The van der Waals surface area contributed by atoms with E-state index in [1.54, 1.807) is 59.5 Å². The lowest BCUT2D eigenvalue weighted by Crippen LogP contribution is -2.53. The van der Waals surface area contributed by atoms with Crippen molar-refractivity contribution in [3.8, 4) is 5.75 Å². The number of benzene rings is 4. The Morgan fingerprint density at radius 1 is 0.979 bits per heavy atom. The number of fused-ring (bicyclic) bond motifs is 3. The Morgan fingerprint density at radius 2 is 1.75 bits per heavy atom. The van der Waals surface area contributed by atoms with Crippen LogP contribution in [0.3, 0.4) is 0 Å². The fourth-order valence-corrected chi connectivity index (χ4v) is 8.15. The maximum absolute atomic E-state index is 16.2. The molecule has 0 aromatic heterocycles. The third kappa shape index (κ3) is 5.12. The highest BCUT2D eigenvalue weighted by molar-refractivity contribution is 6.31. The summed E-state index contributed by atoms with van der Waals surface area (Å²) in [7, 11) is 1.32. The molecule has 0 bridgehead atoms. The van der Waals surface area contributed by atoms with E-state index in [1.807, 2.05) is 31.2 Å². The largest absolute Gasteiger partial charge is 0.494 e. The summed E-state index contributed by atoms with van der Waals surface area (Å²) in [6, 6.07) is 23.9. The van der Waals surface area contributed by atoms with Gasteiger partial charge in [0.05, 0.1) is 30.2 Å². The van der Waals surface area contributed by atoms with Crippen LogP contribution < -0.4 is 10.1 Å². The highest BCUT2D eigenvalue weighted by Crippen LogP contribution is 2.62. The number of likely N-dealkylation sites (tertiary alicyclic amines) is 2. The minimum absolute atomic E-state index is 0.0928. The van der Waals surface area contributed by atoms with Gasteiger partial charge in [0.2, 0.25) is 11.8 Å². The number of amides is 2. The summed E-state index contributed by atoms with van der Waals surface area (Å²) in [4.78, 5) is 45.0. The molecule has 4 aromatic carbocycles. The smallest absolute Gasteiger partial charge is 0.337 e. The molecule has 3 aliphatic rings. The van der Waals surface area contributed by atoms with Crippen molar-refractivity contribution in [1.82, 2.24) is 9.80 Å². The first-order valence-electron chi connectivity index (χ1n) is 15.7. The van der Waals surface area contributed by atoms with Gasteiger partial charge < -0.3 is 19.7 Å². The van der Waals surface area contributed by atoms with Crippen molar-refractivity contribution in [3.63, 3.8) is 0 Å². The van der Waals surface area contributed by atoms with E-state index in [9.17, 15) is 14.4 Å². The van der Waals surface area contributed by atoms with Gasteiger partial charge in [-0.2, -0.15) is 0 Å². The quantitative estimate of drug-likeness (QED) is 0.205. The van der Waals surface area contributed by atoms with Crippen molar-refractivity contribution in [3.05, 3.63) is 129 Å². The molecule has 2 amide bonds. The van der Waals surface area contributed by atoms with Crippen LogP contribution in [0.25, 0.3) is 0 Å². The number of hydrogen-bond donors (Lipinski definition) is 1. The molecule has 1 N–H and O–H groups in total. The summed E-state index contributed by atoms with van der Waals surface area (Å²) in [5, 5.41) is 3.36. The lowest BCUT2D eigenvalue weighted by molar-refractivity contribution is -0.133. The molecule has 3 aliphatic heterocycles. The molecular weight excluding hydrogens is 656 g/mol. The predicted molar refractivity (Wildman–Crippen MR) is 180 cm³/mol. The van der Waals surface area contributed by atoms with Crippen LogP contribution in [0.1, 0.15) is 45.5 Å². The molecule has 3 heterocycles. The van der Waals surface area contributed by atoms with E-state index in [1.165, 1.54) is 13.2 Å². The van der Waals surface area contributed by atoms with Gasteiger partial charge in [-0.15, -0.1) is 0 Å². The van der Waals surface area contributed by atoms with Crippen molar-refractivity contribution < 1.29 is 28.2 Å². The molecule has 246 valence electrons. The van der Waals surface area contributed by atoms with Gasteiger partial charge in [-0.05, 0) is 66.1 Å². The van der Waals surface area contributed by atoms with Crippen LogP contribution in [-0.4, -0.2) is 53.9 Å². The topological polar surface area (TPSA) is 88.2 Å². The van der Waals surface area contributed by atoms with Crippen LogP contribution in [0, 0.1) is 11.7 Å². The summed E-state index contributed by atoms with van der Waals surface area (Å²) < 4.78 is 26.8. The summed E-state index contributed by atoms with van der Waals surface area (Å²) in [6.07, 6.45) is 0. The summed E-state index contributed by atoms with van der Waals surface area (Å²) in [6.45, 7) is 3.20. The molecule has 11 heteroatoms. The summed E-state index contributed by atoms with van der Waals surface area (Å²) in [5.74, 6) is -2.74. The number of esters is 1. The van der Waals surface area contributed by atoms with Crippen LogP contribution in [0.4, 0.5) is 10.1 Å². The molecule has 0 radical (unpaired) electrons. The van der Waals surface area contributed by atoms with Crippen LogP contribution in [0.5, 0.6) is 5.75 Å². The normalized spacial score (nSPS) is 22.9. The van der Waals surface area contributed by atoms with Gasteiger partial charge in [0.25, 0.3) is 0 Å². The van der Waals surface area contributed by atoms with Crippen LogP contribution in [-0.2, 0) is 33.0 Å². The van der Waals surface area contributed by atoms with E-state index in [4.69, 9.17) is 32.7 Å². The number of nitrogens with zero attached hydrogens (tertiary/aromatic N) is 2. The molecule has 48 heavy (non-hydrogen) atoms. The minimum atomic E-state index is -1.47. The number of ether oxygens (including phenoxy) is 2. The number of carbonyl (C=O) groups is 3. The Labute approximate surface area is 287 Å². The Kier molecular flexibility index (Phi) is 8.39. The summed E-state index contributed by atoms with van der Waals surface area (Å²) >= 11 is 12.8. The van der Waals surface area contributed by atoms with E-state index in [2.05, 4.69) is 10.2 Å². The molecule has 2 unspecified atom stereocenters. The van der Waals surface area contributed by atoms with E-state index < -0.39 is 35.2 Å². The number of anilines is 1. The average molecular weight is 689 g/mol. The van der Waals surface area contributed by atoms with E-state index in [0.717, 1.165) is 11.1 Å². The standard InChI is InChI=1S/C37H32Cl2FN3O5/c1-3-48-25-7-4-6-22(16-25)19-43-30-20-42(18-21-10-12-23(13-11-21)35(45)47-2)34(44)31(30)32(26-8-5-9-28(39)33(26)40)37(43)27-15-14-24(38)17-29(27)41-36(37)46/h4-17,30-32H,3,18-20H2,1-2H3,(H,41,46)/t30?,31-,32+,37?/m1/s1. The maximum Gasteiger partial charge on any atom is 0.337 e. The Hall–Kier alpha value is -4.44.